The summed E-state index contributed by atoms with van der Waals surface area (Å²) in [7, 11) is 1.64. The first-order valence-corrected chi connectivity index (χ1v) is 4.80. The van der Waals surface area contributed by atoms with Crippen LogP contribution in [-0.4, -0.2) is 13.1 Å². The Labute approximate surface area is 90.0 Å². The normalized spacial score (nSPS) is 9.93. The maximum atomic E-state index is 10.9. The van der Waals surface area contributed by atoms with E-state index < -0.39 is 0 Å². The Bertz CT molecular complexity index is 394. The fourth-order valence-electron chi connectivity index (χ4n) is 1.60. The zero-order valence-electron chi connectivity index (χ0n) is 9.80. The van der Waals surface area contributed by atoms with Gasteiger partial charge in [0.15, 0.2) is 0 Å². The molecule has 0 saturated heterocycles. The summed E-state index contributed by atoms with van der Waals surface area (Å²) in [5.74, 6) is 1.16. The lowest BCUT2D eigenvalue weighted by Crippen LogP contribution is -2.05. The molecule has 1 rings (SSSR count). The highest BCUT2D eigenvalue weighted by Crippen LogP contribution is 2.32. The summed E-state index contributed by atoms with van der Waals surface area (Å²) < 4.78 is 10.4. The molecule has 0 radical (unpaired) electrons. The SMILES string of the molecule is COc1c(C)cc(OC(C)=O)c(C)c1C. The standard InChI is InChI=1S/C12H16O3/c1-7-6-11(15-10(4)13)8(2)9(3)12(7)14-5/h6H,1-5H3. The molecule has 0 fully saturated rings. The molecule has 0 N–H and O–H groups in total. The molecule has 3 nitrogen and oxygen atoms in total. The Kier molecular flexibility index (Phi) is 3.35. The molecule has 82 valence electrons. The van der Waals surface area contributed by atoms with Crippen molar-refractivity contribution in [1.82, 2.24) is 0 Å². The highest BCUT2D eigenvalue weighted by molar-refractivity contribution is 5.70. The molecule has 0 aromatic heterocycles. The highest BCUT2D eigenvalue weighted by atomic mass is 16.5. The van der Waals surface area contributed by atoms with Crippen LogP contribution in [0.1, 0.15) is 23.6 Å². The monoisotopic (exact) mass is 208 g/mol. The van der Waals surface area contributed by atoms with E-state index >= 15 is 0 Å². The van der Waals surface area contributed by atoms with Gasteiger partial charge >= 0.3 is 5.97 Å². The van der Waals surface area contributed by atoms with Crippen LogP contribution in [0.5, 0.6) is 11.5 Å². The fraction of sp³-hybridized carbons (Fsp3) is 0.417. The molecule has 0 spiro atoms. The largest absolute Gasteiger partial charge is 0.496 e. The Morgan fingerprint density at radius 2 is 1.80 bits per heavy atom. The Morgan fingerprint density at radius 1 is 1.20 bits per heavy atom. The maximum absolute atomic E-state index is 10.9. The van der Waals surface area contributed by atoms with Crippen LogP contribution in [-0.2, 0) is 4.79 Å². The van der Waals surface area contributed by atoms with Crippen molar-refractivity contribution in [3.63, 3.8) is 0 Å². The van der Waals surface area contributed by atoms with Crippen molar-refractivity contribution in [3.05, 3.63) is 22.8 Å². The third kappa shape index (κ3) is 2.29. The van der Waals surface area contributed by atoms with Gasteiger partial charge in [0, 0.05) is 6.92 Å². The maximum Gasteiger partial charge on any atom is 0.308 e. The molecule has 0 amide bonds. The lowest BCUT2D eigenvalue weighted by molar-refractivity contribution is -0.131. The van der Waals surface area contributed by atoms with E-state index in [1.807, 2.05) is 26.8 Å². The number of carbonyl (C=O) groups excluding carboxylic acids is 1. The average molecular weight is 208 g/mol. The van der Waals surface area contributed by atoms with Gasteiger partial charge in [-0.3, -0.25) is 4.79 Å². The first kappa shape index (κ1) is 11.6. The number of esters is 1. The third-order valence-electron chi connectivity index (χ3n) is 2.44. The van der Waals surface area contributed by atoms with Crippen LogP contribution in [0.3, 0.4) is 0 Å². The molecule has 0 heterocycles. The quantitative estimate of drug-likeness (QED) is 0.553. The van der Waals surface area contributed by atoms with Crippen LogP contribution in [0.25, 0.3) is 0 Å². The van der Waals surface area contributed by atoms with Crippen LogP contribution in [0, 0.1) is 20.8 Å². The minimum atomic E-state index is -0.304. The van der Waals surface area contributed by atoms with Crippen LogP contribution in [0.4, 0.5) is 0 Å². The molecule has 0 bridgehead atoms. The highest BCUT2D eigenvalue weighted by Gasteiger charge is 2.12. The van der Waals surface area contributed by atoms with E-state index in [-0.39, 0.29) is 5.97 Å². The van der Waals surface area contributed by atoms with Crippen molar-refractivity contribution in [2.75, 3.05) is 7.11 Å². The fourth-order valence-corrected chi connectivity index (χ4v) is 1.60. The number of methoxy groups -OCH3 is 1. The number of rotatable bonds is 2. The van der Waals surface area contributed by atoms with Gasteiger partial charge in [0.2, 0.25) is 0 Å². The van der Waals surface area contributed by atoms with Gasteiger partial charge in [0.05, 0.1) is 7.11 Å². The number of aryl methyl sites for hydroxylation is 1. The molecule has 3 heteroatoms. The molecule has 0 aliphatic rings. The van der Waals surface area contributed by atoms with Crippen LogP contribution < -0.4 is 9.47 Å². The van der Waals surface area contributed by atoms with Crippen molar-refractivity contribution in [2.45, 2.75) is 27.7 Å². The molecule has 0 aliphatic heterocycles. The summed E-state index contributed by atoms with van der Waals surface area (Å²) >= 11 is 0. The topological polar surface area (TPSA) is 35.5 Å². The summed E-state index contributed by atoms with van der Waals surface area (Å²) in [6, 6.07) is 1.82. The lowest BCUT2D eigenvalue weighted by Gasteiger charge is -2.14. The van der Waals surface area contributed by atoms with Crippen LogP contribution >= 0.6 is 0 Å². The number of hydrogen-bond acceptors (Lipinski definition) is 3. The zero-order chi connectivity index (χ0) is 11.6. The smallest absolute Gasteiger partial charge is 0.308 e. The van der Waals surface area contributed by atoms with Crippen molar-refractivity contribution in [2.24, 2.45) is 0 Å². The van der Waals surface area contributed by atoms with Gasteiger partial charge in [-0.15, -0.1) is 0 Å². The summed E-state index contributed by atoms with van der Waals surface area (Å²) in [4.78, 5) is 10.9. The lowest BCUT2D eigenvalue weighted by atomic mass is 10.0. The predicted molar refractivity (Wildman–Crippen MR) is 58.5 cm³/mol. The Morgan fingerprint density at radius 3 is 2.27 bits per heavy atom. The third-order valence-corrected chi connectivity index (χ3v) is 2.44. The first-order valence-electron chi connectivity index (χ1n) is 4.80. The zero-order valence-corrected chi connectivity index (χ0v) is 9.80. The van der Waals surface area contributed by atoms with Crippen molar-refractivity contribution in [1.29, 1.82) is 0 Å². The van der Waals surface area contributed by atoms with Gasteiger partial charge < -0.3 is 9.47 Å². The van der Waals surface area contributed by atoms with E-state index in [4.69, 9.17) is 9.47 Å². The summed E-state index contributed by atoms with van der Waals surface area (Å²) in [5.41, 5.74) is 2.92. The van der Waals surface area contributed by atoms with Gasteiger partial charge in [0.25, 0.3) is 0 Å². The second kappa shape index (κ2) is 4.34. The minimum absolute atomic E-state index is 0.304. The number of ether oxygens (including phenoxy) is 2. The van der Waals surface area contributed by atoms with Crippen LogP contribution in [0.15, 0.2) is 6.07 Å². The molecule has 1 aromatic carbocycles. The molecule has 0 aliphatic carbocycles. The van der Waals surface area contributed by atoms with Gasteiger partial charge in [-0.2, -0.15) is 0 Å². The van der Waals surface area contributed by atoms with E-state index in [0.29, 0.717) is 5.75 Å². The van der Waals surface area contributed by atoms with Gasteiger partial charge in [0.1, 0.15) is 11.5 Å². The molecule has 15 heavy (non-hydrogen) atoms. The Balaban J connectivity index is 3.27. The number of carbonyl (C=O) groups is 1. The summed E-state index contributed by atoms with van der Waals surface area (Å²) in [6.45, 7) is 7.19. The van der Waals surface area contributed by atoms with Gasteiger partial charge in [-0.1, -0.05) is 0 Å². The second-order valence-electron chi connectivity index (χ2n) is 3.57. The number of hydrogen-bond donors (Lipinski definition) is 0. The van der Waals surface area contributed by atoms with E-state index in [9.17, 15) is 4.79 Å². The van der Waals surface area contributed by atoms with Crippen molar-refractivity contribution >= 4 is 5.97 Å². The summed E-state index contributed by atoms with van der Waals surface area (Å²) in [6.07, 6.45) is 0. The molecule has 0 unspecified atom stereocenters. The average Bonchev–Trinajstić information content (AvgIpc) is 2.14. The predicted octanol–water partition coefficient (Wildman–Crippen LogP) is 2.55. The van der Waals surface area contributed by atoms with E-state index in [2.05, 4.69) is 0 Å². The summed E-state index contributed by atoms with van der Waals surface area (Å²) in [5, 5.41) is 0. The molecular weight excluding hydrogens is 192 g/mol. The molecule has 0 atom stereocenters. The Hall–Kier alpha value is -1.51. The molecular formula is C12H16O3. The van der Waals surface area contributed by atoms with Crippen molar-refractivity contribution < 1.29 is 14.3 Å². The molecule has 1 aromatic rings. The first-order chi connectivity index (χ1) is 6.97. The van der Waals surface area contributed by atoms with E-state index in [1.165, 1.54) is 6.92 Å². The number of benzene rings is 1. The van der Waals surface area contributed by atoms with E-state index in [1.54, 1.807) is 7.11 Å². The van der Waals surface area contributed by atoms with Crippen molar-refractivity contribution in [3.8, 4) is 11.5 Å². The van der Waals surface area contributed by atoms with Gasteiger partial charge in [-0.25, -0.2) is 0 Å². The minimum Gasteiger partial charge on any atom is -0.496 e. The molecule has 0 saturated carbocycles. The van der Waals surface area contributed by atoms with Gasteiger partial charge in [-0.05, 0) is 43.5 Å². The van der Waals surface area contributed by atoms with Crippen LogP contribution in [0.2, 0.25) is 0 Å². The van der Waals surface area contributed by atoms with E-state index in [0.717, 1.165) is 22.4 Å². The second-order valence-corrected chi connectivity index (χ2v) is 3.57.